The molecule has 130 valence electrons. The Labute approximate surface area is 149 Å². The lowest BCUT2D eigenvalue weighted by Crippen LogP contribution is -2.26. The Morgan fingerprint density at radius 2 is 1.84 bits per heavy atom. The first-order valence-electron chi connectivity index (χ1n) is 7.91. The lowest BCUT2D eigenvalue weighted by atomic mass is 10.1. The summed E-state index contributed by atoms with van der Waals surface area (Å²) >= 11 is 6.14. The van der Waals surface area contributed by atoms with Crippen LogP contribution in [0.25, 0.3) is 0 Å². The summed E-state index contributed by atoms with van der Waals surface area (Å²) in [6.07, 6.45) is 0. The van der Waals surface area contributed by atoms with Crippen LogP contribution in [0.5, 0.6) is 23.0 Å². The minimum atomic E-state index is -0.248. The smallest absolute Gasteiger partial charge is 0.251 e. The number of hydrogen-bond donors (Lipinski definition) is 1. The molecule has 0 spiro atoms. The number of amides is 1. The first kappa shape index (κ1) is 15.9. The molecule has 1 N–H and O–H groups in total. The van der Waals surface area contributed by atoms with E-state index in [0.29, 0.717) is 41.0 Å². The van der Waals surface area contributed by atoms with Gasteiger partial charge in [-0.05, 0) is 36.8 Å². The first-order valence-corrected chi connectivity index (χ1v) is 8.29. The van der Waals surface area contributed by atoms with Gasteiger partial charge in [0.1, 0.15) is 13.2 Å². The summed E-state index contributed by atoms with van der Waals surface area (Å²) in [6, 6.07) is 8.62. The second kappa shape index (κ2) is 6.37. The van der Waals surface area contributed by atoms with Crippen molar-refractivity contribution in [1.29, 1.82) is 0 Å². The van der Waals surface area contributed by atoms with Gasteiger partial charge in [0, 0.05) is 5.56 Å². The van der Waals surface area contributed by atoms with Gasteiger partial charge in [-0.2, -0.15) is 0 Å². The fourth-order valence-electron chi connectivity index (χ4n) is 2.79. The third-order valence-electron chi connectivity index (χ3n) is 4.10. The van der Waals surface area contributed by atoms with Crippen molar-refractivity contribution in [2.75, 3.05) is 20.0 Å². The zero-order valence-electron chi connectivity index (χ0n) is 13.5. The van der Waals surface area contributed by atoms with Crippen LogP contribution in [0.4, 0.5) is 0 Å². The van der Waals surface area contributed by atoms with E-state index in [-0.39, 0.29) is 18.7 Å². The molecule has 0 bridgehead atoms. The van der Waals surface area contributed by atoms with Gasteiger partial charge >= 0.3 is 0 Å². The van der Waals surface area contributed by atoms with E-state index >= 15 is 0 Å². The summed E-state index contributed by atoms with van der Waals surface area (Å²) in [7, 11) is 0. The van der Waals surface area contributed by atoms with Crippen molar-refractivity contribution >= 4 is 17.5 Å². The molecule has 0 fully saturated rings. The number of carbonyl (C=O) groups excluding carboxylic acids is 1. The molecule has 2 aliphatic rings. The lowest BCUT2D eigenvalue weighted by Gasteiger charge is -2.21. The Morgan fingerprint density at radius 1 is 1.04 bits per heavy atom. The number of rotatable bonds is 3. The minimum Gasteiger partial charge on any atom is -0.486 e. The van der Waals surface area contributed by atoms with Gasteiger partial charge in [0.2, 0.25) is 6.79 Å². The molecule has 2 aromatic carbocycles. The monoisotopic (exact) mass is 361 g/mol. The maximum Gasteiger partial charge on any atom is 0.251 e. The number of fused-ring (bicyclic) bond motifs is 2. The summed E-state index contributed by atoms with van der Waals surface area (Å²) in [5.74, 6) is 2.11. The van der Waals surface area contributed by atoms with Crippen molar-refractivity contribution in [2.24, 2.45) is 0 Å². The van der Waals surface area contributed by atoms with Crippen LogP contribution < -0.4 is 24.3 Å². The largest absolute Gasteiger partial charge is 0.486 e. The van der Waals surface area contributed by atoms with E-state index in [0.717, 1.165) is 11.3 Å². The third-order valence-corrected chi connectivity index (χ3v) is 4.38. The maximum absolute atomic E-state index is 12.5. The molecule has 1 amide bonds. The van der Waals surface area contributed by atoms with E-state index in [9.17, 15) is 4.79 Å². The molecule has 25 heavy (non-hydrogen) atoms. The highest BCUT2D eigenvalue weighted by atomic mass is 35.5. The van der Waals surface area contributed by atoms with E-state index in [1.54, 1.807) is 12.1 Å². The third kappa shape index (κ3) is 3.05. The Morgan fingerprint density at radius 3 is 2.68 bits per heavy atom. The summed E-state index contributed by atoms with van der Waals surface area (Å²) in [5, 5.41) is 3.30. The number of benzene rings is 2. The summed E-state index contributed by atoms with van der Waals surface area (Å²) in [4.78, 5) is 12.5. The van der Waals surface area contributed by atoms with Crippen LogP contribution in [0.15, 0.2) is 30.3 Å². The highest BCUT2D eigenvalue weighted by Crippen LogP contribution is 2.40. The van der Waals surface area contributed by atoms with Crippen LogP contribution in [0.1, 0.15) is 28.9 Å². The molecule has 2 aromatic rings. The summed E-state index contributed by atoms with van der Waals surface area (Å²) in [5.41, 5.74) is 1.34. The molecule has 0 saturated carbocycles. The SMILES string of the molecule is C[C@@H](NC(=O)c1cc(Cl)c2c(c1)OCO2)c1ccc2c(c1)OCCO2. The maximum atomic E-state index is 12.5. The highest BCUT2D eigenvalue weighted by molar-refractivity contribution is 6.32. The fraction of sp³-hybridized carbons (Fsp3) is 0.278. The molecule has 2 aliphatic heterocycles. The second-order valence-corrected chi connectivity index (χ2v) is 6.20. The van der Waals surface area contributed by atoms with Gasteiger partial charge in [-0.3, -0.25) is 4.79 Å². The van der Waals surface area contributed by atoms with Gasteiger partial charge < -0.3 is 24.3 Å². The van der Waals surface area contributed by atoms with Gasteiger partial charge in [0.05, 0.1) is 11.1 Å². The van der Waals surface area contributed by atoms with E-state index in [2.05, 4.69) is 5.32 Å². The van der Waals surface area contributed by atoms with Gasteiger partial charge in [-0.25, -0.2) is 0 Å². The number of nitrogens with one attached hydrogen (secondary N) is 1. The fourth-order valence-corrected chi connectivity index (χ4v) is 3.06. The molecule has 6 nitrogen and oxygen atoms in total. The number of carbonyl (C=O) groups is 1. The molecule has 0 aromatic heterocycles. The zero-order chi connectivity index (χ0) is 17.4. The molecule has 0 unspecified atom stereocenters. The van der Waals surface area contributed by atoms with Crippen LogP contribution in [0.3, 0.4) is 0 Å². The predicted octanol–water partition coefficient (Wildman–Crippen LogP) is 3.33. The standard InChI is InChI=1S/C18H16ClNO5/c1-10(11-2-3-14-15(7-11)23-5-4-22-14)20-18(21)12-6-13(19)17-16(8-12)24-9-25-17/h2-3,6-8,10H,4-5,9H2,1H3,(H,20,21)/t10-/m1/s1. The van der Waals surface area contributed by atoms with Crippen LogP contribution in [-0.4, -0.2) is 25.9 Å². The van der Waals surface area contributed by atoms with Crippen molar-refractivity contribution in [3.63, 3.8) is 0 Å². The van der Waals surface area contributed by atoms with Crippen molar-refractivity contribution in [3.8, 4) is 23.0 Å². The van der Waals surface area contributed by atoms with Gasteiger partial charge in [-0.15, -0.1) is 0 Å². The lowest BCUT2D eigenvalue weighted by molar-refractivity contribution is 0.0939. The normalized spacial score (nSPS) is 15.6. The van der Waals surface area contributed by atoms with Crippen molar-refractivity contribution in [1.82, 2.24) is 5.32 Å². The van der Waals surface area contributed by atoms with Crippen LogP contribution in [0, 0.1) is 0 Å². The van der Waals surface area contributed by atoms with Gasteiger partial charge in [0.25, 0.3) is 5.91 Å². The van der Waals surface area contributed by atoms with E-state index in [1.165, 1.54) is 0 Å². The van der Waals surface area contributed by atoms with Gasteiger partial charge in [0.15, 0.2) is 23.0 Å². The summed E-state index contributed by atoms with van der Waals surface area (Å²) < 4.78 is 21.7. The van der Waals surface area contributed by atoms with Crippen molar-refractivity contribution in [3.05, 3.63) is 46.5 Å². The molecule has 1 atom stereocenters. The molecular formula is C18H16ClNO5. The second-order valence-electron chi connectivity index (χ2n) is 5.79. The number of ether oxygens (including phenoxy) is 4. The number of hydrogen-bond acceptors (Lipinski definition) is 5. The molecule has 7 heteroatoms. The molecule has 4 rings (SSSR count). The molecule has 0 aliphatic carbocycles. The highest BCUT2D eigenvalue weighted by Gasteiger charge is 2.22. The minimum absolute atomic E-state index is 0.105. The average Bonchev–Trinajstić information content (AvgIpc) is 3.10. The van der Waals surface area contributed by atoms with Gasteiger partial charge in [-0.1, -0.05) is 17.7 Å². The van der Waals surface area contributed by atoms with Crippen LogP contribution in [0.2, 0.25) is 5.02 Å². The Hall–Kier alpha value is -2.60. The van der Waals surface area contributed by atoms with E-state index in [4.69, 9.17) is 30.5 Å². The molecule has 2 heterocycles. The zero-order valence-corrected chi connectivity index (χ0v) is 14.3. The number of halogens is 1. The topological polar surface area (TPSA) is 66.0 Å². The molecule has 0 radical (unpaired) electrons. The van der Waals surface area contributed by atoms with E-state index < -0.39 is 0 Å². The Kier molecular flexibility index (Phi) is 4.05. The van der Waals surface area contributed by atoms with E-state index in [1.807, 2.05) is 25.1 Å². The summed E-state index contributed by atoms with van der Waals surface area (Å²) in [6.45, 7) is 3.07. The Bertz CT molecular complexity index is 838. The average molecular weight is 362 g/mol. The Balaban J connectivity index is 1.52. The van der Waals surface area contributed by atoms with Crippen molar-refractivity contribution < 1.29 is 23.7 Å². The first-order chi connectivity index (χ1) is 12.1. The van der Waals surface area contributed by atoms with Crippen LogP contribution >= 0.6 is 11.6 Å². The molecular weight excluding hydrogens is 346 g/mol. The predicted molar refractivity (Wildman–Crippen MR) is 90.9 cm³/mol. The quantitative estimate of drug-likeness (QED) is 0.908. The van der Waals surface area contributed by atoms with Crippen molar-refractivity contribution in [2.45, 2.75) is 13.0 Å². The van der Waals surface area contributed by atoms with Crippen LogP contribution in [-0.2, 0) is 0 Å². The molecule has 0 saturated heterocycles.